The van der Waals surface area contributed by atoms with Crippen LogP contribution in [0, 0.1) is 17.6 Å². The maximum absolute atomic E-state index is 14.8. The fourth-order valence-electron chi connectivity index (χ4n) is 5.44. The van der Waals surface area contributed by atoms with E-state index < -0.39 is 21.5 Å². The number of fused-ring (bicyclic) bond motifs is 1. The van der Waals surface area contributed by atoms with Gasteiger partial charge in [-0.05, 0) is 48.4 Å². The van der Waals surface area contributed by atoms with E-state index in [0.29, 0.717) is 23.6 Å². The Morgan fingerprint density at radius 3 is 2.59 bits per heavy atom. The molecule has 3 N–H and O–H groups in total. The van der Waals surface area contributed by atoms with Crippen molar-refractivity contribution in [2.24, 2.45) is 11.7 Å². The van der Waals surface area contributed by atoms with Crippen LogP contribution in [0.2, 0.25) is 0 Å². The van der Waals surface area contributed by atoms with Gasteiger partial charge in [-0.1, -0.05) is 6.92 Å². The Bertz CT molecular complexity index is 1630. The van der Waals surface area contributed by atoms with Crippen LogP contribution >= 0.6 is 0 Å². The summed E-state index contributed by atoms with van der Waals surface area (Å²) < 4.78 is 64.9. The lowest BCUT2D eigenvalue weighted by Gasteiger charge is -2.39. The zero-order valence-corrected chi connectivity index (χ0v) is 23.7. The normalized spacial score (nSPS) is 21.2. The lowest BCUT2D eigenvalue weighted by atomic mass is 9.74. The Morgan fingerprint density at radius 2 is 1.90 bits per heavy atom. The molecular weight excluding hydrogens is 554 g/mol. The van der Waals surface area contributed by atoms with E-state index in [1.165, 1.54) is 23.9 Å². The number of nitrogens with one attached hydrogen (secondary N) is 1. The van der Waals surface area contributed by atoms with Gasteiger partial charge in [-0.15, -0.1) is 0 Å². The summed E-state index contributed by atoms with van der Waals surface area (Å²) in [6.45, 7) is 2.16. The number of benzene rings is 1. The maximum Gasteiger partial charge on any atom is 0.229 e. The summed E-state index contributed by atoms with van der Waals surface area (Å²) >= 11 is 0. The highest BCUT2D eigenvalue weighted by atomic mass is 32.2. The van der Waals surface area contributed by atoms with Crippen molar-refractivity contribution in [3.63, 3.8) is 0 Å². The number of nitrogens with zero attached hydrogens (tertiary/aromatic N) is 4. The highest BCUT2D eigenvalue weighted by molar-refractivity contribution is 7.90. The number of ether oxygens (including phenoxy) is 2. The number of anilines is 2. The van der Waals surface area contributed by atoms with Crippen LogP contribution in [0.25, 0.3) is 16.8 Å². The Balaban J connectivity index is 1.39. The Morgan fingerprint density at radius 1 is 1.15 bits per heavy atom. The van der Waals surface area contributed by atoms with Crippen molar-refractivity contribution in [2.45, 2.75) is 37.8 Å². The molecule has 218 valence electrons. The highest BCUT2D eigenvalue weighted by Gasteiger charge is 2.36. The molecule has 1 fully saturated rings. The third kappa shape index (κ3) is 6.31. The van der Waals surface area contributed by atoms with Crippen molar-refractivity contribution in [1.82, 2.24) is 19.6 Å². The van der Waals surface area contributed by atoms with Crippen molar-refractivity contribution < 1.29 is 26.7 Å². The number of rotatable bonds is 9. The van der Waals surface area contributed by atoms with Gasteiger partial charge in [0, 0.05) is 30.6 Å². The molecule has 0 bridgehead atoms. The van der Waals surface area contributed by atoms with Crippen molar-refractivity contribution >= 4 is 27.0 Å². The second kappa shape index (κ2) is 11.7. The molecule has 1 aliphatic carbocycles. The molecule has 41 heavy (non-hydrogen) atoms. The number of nitrogens with two attached hydrogens (primary N) is 1. The van der Waals surface area contributed by atoms with Gasteiger partial charge in [0.25, 0.3) is 0 Å². The molecular formula is C28H32F2N6O4S. The van der Waals surface area contributed by atoms with Crippen LogP contribution in [0.15, 0.2) is 48.9 Å². The summed E-state index contributed by atoms with van der Waals surface area (Å²) in [7, 11) is -1.78. The lowest BCUT2D eigenvalue weighted by Crippen LogP contribution is -2.47. The second-order valence-electron chi connectivity index (χ2n) is 10.5. The Hall–Kier alpha value is -3.68. The molecule has 1 aromatic carbocycles. The summed E-state index contributed by atoms with van der Waals surface area (Å²) in [6, 6.07) is 7.07. The van der Waals surface area contributed by atoms with Crippen LogP contribution in [0.4, 0.5) is 20.4 Å². The van der Waals surface area contributed by atoms with Gasteiger partial charge in [-0.25, -0.2) is 22.2 Å². The van der Waals surface area contributed by atoms with E-state index in [1.54, 1.807) is 24.7 Å². The predicted octanol–water partition coefficient (Wildman–Crippen LogP) is 4.09. The molecule has 0 amide bonds. The van der Waals surface area contributed by atoms with Crippen LogP contribution in [-0.4, -0.2) is 65.9 Å². The number of hydrogen-bond acceptors (Lipinski definition) is 9. The third-order valence-electron chi connectivity index (χ3n) is 7.39. The molecule has 0 spiro atoms. The number of pyridine rings is 1. The van der Waals surface area contributed by atoms with Gasteiger partial charge in [-0.2, -0.15) is 9.61 Å². The first-order chi connectivity index (χ1) is 19.5. The number of sulfone groups is 1. The van der Waals surface area contributed by atoms with Crippen molar-refractivity contribution in [3.05, 3.63) is 66.1 Å². The van der Waals surface area contributed by atoms with Gasteiger partial charge < -0.3 is 20.5 Å². The van der Waals surface area contributed by atoms with Gasteiger partial charge in [0.15, 0.2) is 0 Å². The number of halogens is 2. The fraction of sp³-hybridized carbons (Fsp3) is 0.393. The third-order valence-corrected chi connectivity index (χ3v) is 8.30. The lowest BCUT2D eigenvalue weighted by molar-refractivity contribution is -0.0152. The van der Waals surface area contributed by atoms with Crippen LogP contribution < -0.4 is 15.8 Å². The molecule has 10 nitrogen and oxygen atoms in total. The monoisotopic (exact) mass is 586 g/mol. The van der Waals surface area contributed by atoms with Crippen molar-refractivity contribution in [3.8, 4) is 17.0 Å². The van der Waals surface area contributed by atoms with E-state index in [9.17, 15) is 17.2 Å². The first kappa shape index (κ1) is 28.8. The van der Waals surface area contributed by atoms with Crippen LogP contribution in [0.5, 0.6) is 5.75 Å². The summed E-state index contributed by atoms with van der Waals surface area (Å²) in [5.41, 5.74) is 8.65. The average Bonchev–Trinajstić information content (AvgIpc) is 3.31. The molecule has 4 atom stereocenters. The average molecular weight is 587 g/mol. The first-order valence-electron chi connectivity index (χ1n) is 13.2. The SMILES string of the molecule is COc1cc(F)c(-c2ccc3cnc(Nc4cnccc4C4CC(C)C(OCCS(C)(=O)=O)C(N)C4)n3n2)c(F)c1. The zero-order chi connectivity index (χ0) is 29.3. The second-order valence-corrected chi connectivity index (χ2v) is 12.7. The minimum atomic E-state index is -3.12. The molecule has 1 aliphatic rings. The number of aromatic nitrogens is 4. The van der Waals surface area contributed by atoms with Gasteiger partial charge in [-0.3, -0.25) is 4.98 Å². The Labute approximate surface area is 236 Å². The van der Waals surface area contributed by atoms with E-state index in [-0.39, 0.29) is 53.3 Å². The summed E-state index contributed by atoms with van der Waals surface area (Å²) in [5.74, 6) is -1.04. The molecule has 4 unspecified atom stereocenters. The smallest absolute Gasteiger partial charge is 0.229 e. The van der Waals surface area contributed by atoms with Crippen LogP contribution in [0.3, 0.4) is 0 Å². The molecule has 0 aliphatic heterocycles. The minimum absolute atomic E-state index is 0.0451. The van der Waals surface area contributed by atoms with E-state index in [4.69, 9.17) is 15.2 Å². The van der Waals surface area contributed by atoms with Crippen LogP contribution in [0.1, 0.15) is 31.2 Å². The fourth-order valence-corrected chi connectivity index (χ4v) is 5.84. The summed E-state index contributed by atoms with van der Waals surface area (Å²) in [4.78, 5) is 8.72. The van der Waals surface area contributed by atoms with E-state index >= 15 is 0 Å². The molecule has 3 aromatic heterocycles. The van der Waals surface area contributed by atoms with Gasteiger partial charge in [0.05, 0.1) is 60.4 Å². The summed E-state index contributed by atoms with van der Waals surface area (Å²) in [5, 5.41) is 7.76. The van der Waals surface area contributed by atoms with Gasteiger partial charge in [0.2, 0.25) is 5.95 Å². The molecule has 0 radical (unpaired) electrons. The molecule has 1 saturated carbocycles. The standard InChI is InChI=1S/C28H32F2N6O4S/c1-16-10-17(11-23(31)27(16)40-8-9-41(3,37)38)20-6-7-32-15-25(20)34-28-33-14-18-4-5-24(35-36(18)28)26-21(29)12-19(39-2)13-22(26)30/h4-7,12-17,23,27H,8-11,31H2,1-3H3,(H,33,34). The number of methoxy groups -OCH3 is 1. The van der Waals surface area contributed by atoms with E-state index in [1.807, 2.05) is 6.07 Å². The highest BCUT2D eigenvalue weighted by Crippen LogP contribution is 2.40. The zero-order valence-electron chi connectivity index (χ0n) is 22.9. The number of imidazole rings is 1. The van der Waals surface area contributed by atoms with Gasteiger partial charge >= 0.3 is 0 Å². The molecule has 0 saturated heterocycles. The first-order valence-corrected chi connectivity index (χ1v) is 15.2. The minimum Gasteiger partial charge on any atom is -0.497 e. The molecule has 3 heterocycles. The van der Waals surface area contributed by atoms with Crippen molar-refractivity contribution in [1.29, 1.82) is 0 Å². The van der Waals surface area contributed by atoms with E-state index in [0.717, 1.165) is 24.1 Å². The summed E-state index contributed by atoms with van der Waals surface area (Å²) in [6.07, 6.45) is 7.35. The van der Waals surface area contributed by atoms with Crippen molar-refractivity contribution in [2.75, 3.05) is 31.0 Å². The quantitative estimate of drug-likeness (QED) is 0.297. The van der Waals surface area contributed by atoms with Gasteiger partial charge in [0.1, 0.15) is 27.2 Å². The van der Waals surface area contributed by atoms with E-state index in [2.05, 4.69) is 27.3 Å². The van der Waals surface area contributed by atoms with Crippen LogP contribution in [-0.2, 0) is 14.6 Å². The molecule has 5 rings (SSSR count). The predicted molar refractivity (Wildman–Crippen MR) is 151 cm³/mol. The Kier molecular flexibility index (Phi) is 8.20. The molecule has 13 heteroatoms. The largest absolute Gasteiger partial charge is 0.497 e. The topological polar surface area (TPSA) is 134 Å². The molecule has 4 aromatic rings. The number of hydrogen-bond donors (Lipinski definition) is 2. The maximum atomic E-state index is 14.8.